The predicted molar refractivity (Wildman–Crippen MR) is 126 cm³/mol. The second kappa shape index (κ2) is 9.95. The van der Waals surface area contributed by atoms with Gasteiger partial charge in [-0.2, -0.15) is 0 Å². The number of halogens is 2. The molecule has 178 valence electrons. The number of aryl methyl sites for hydroxylation is 1. The summed E-state index contributed by atoms with van der Waals surface area (Å²) < 4.78 is 30.0. The highest BCUT2D eigenvalue weighted by atomic mass is 19.1. The zero-order valence-electron chi connectivity index (χ0n) is 19.2. The first-order valence-electron chi connectivity index (χ1n) is 11.3. The zero-order valence-corrected chi connectivity index (χ0v) is 19.2. The molecule has 0 spiro atoms. The Morgan fingerprint density at radius 1 is 1.09 bits per heavy atom. The number of carbonyl (C=O) groups excluding carboxylic acids is 1. The first kappa shape index (κ1) is 23.9. The summed E-state index contributed by atoms with van der Waals surface area (Å²) in [5.74, 6) is -1.38. The Labute approximate surface area is 197 Å². The van der Waals surface area contributed by atoms with E-state index in [2.05, 4.69) is 15.3 Å². The third kappa shape index (κ3) is 4.69. The topological polar surface area (TPSA) is 101 Å². The van der Waals surface area contributed by atoms with E-state index in [-0.39, 0.29) is 34.8 Å². The summed E-state index contributed by atoms with van der Waals surface area (Å²) in [6.45, 7) is 1.82. The molecule has 5 rings (SSSR count). The summed E-state index contributed by atoms with van der Waals surface area (Å²) in [6, 6.07) is 7.63. The lowest BCUT2D eigenvalue weighted by atomic mass is 9.73. The van der Waals surface area contributed by atoms with Crippen LogP contribution in [0.25, 0.3) is 11.3 Å². The number of fused-ring (bicyclic) bond motifs is 8. The minimum Gasteiger partial charge on any atom is -0.400 e. The molecule has 1 amide bonds. The molecule has 2 unspecified atom stereocenters. The number of rotatable bonds is 0. The van der Waals surface area contributed by atoms with E-state index in [1.807, 2.05) is 19.1 Å². The molecule has 2 aliphatic rings. The Hall–Kier alpha value is -3.23. The molecule has 4 N–H and O–H groups in total. The molecule has 1 aliphatic heterocycles. The highest BCUT2D eigenvalue weighted by molar-refractivity contribution is 6.03. The van der Waals surface area contributed by atoms with E-state index in [1.165, 1.54) is 18.2 Å². The summed E-state index contributed by atoms with van der Waals surface area (Å²) >= 11 is 0. The van der Waals surface area contributed by atoms with Gasteiger partial charge in [-0.25, -0.2) is 13.8 Å². The molecule has 3 heterocycles. The normalized spacial score (nSPS) is 21.4. The van der Waals surface area contributed by atoms with Gasteiger partial charge in [0.05, 0.1) is 11.9 Å². The van der Waals surface area contributed by atoms with E-state index in [4.69, 9.17) is 10.8 Å². The number of amides is 1. The highest BCUT2D eigenvalue weighted by Crippen LogP contribution is 2.41. The van der Waals surface area contributed by atoms with Gasteiger partial charge in [0, 0.05) is 24.9 Å². The van der Waals surface area contributed by atoms with Gasteiger partial charge >= 0.3 is 0 Å². The second-order valence-electron chi connectivity index (χ2n) is 8.96. The molecule has 6 nitrogen and oxygen atoms in total. The van der Waals surface area contributed by atoms with Crippen LogP contribution >= 0.6 is 0 Å². The molecule has 1 saturated carbocycles. The fourth-order valence-electron chi connectivity index (χ4n) is 5.25. The lowest BCUT2D eigenvalue weighted by Crippen LogP contribution is -2.33. The minimum atomic E-state index is -0.666. The number of nitrogens with zero attached hydrogens (tertiary/aromatic N) is 2. The van der Waals surface area contributed by atoms with Crippen molar-refractivity contribution in [2.75, 3.05) is 12.4 Å². The number of carbonyl (C=O) groups is 1. The molecule has 1 aliphatic carbocycles. The lowest BCUT2D eigenvalue weighted by Gasteiger charge is -2.34. The Morgan fingerprint density at radius 3 is 2.68 bits per heavy atom. The van der Waals surface area contributed by atoms with Crippen LogP contribution < -0.4 is 11.1 Å². The first-order chi connectivity index (χ1) is 16.4. The van der Waals surface area contributed by atoms with Crippen molar-refractivity contribution in [3.05, 3.63) is 76.7 Å². The molecule has 8 heteroatoms. The van der Waals surface area contributed by atoms with Crippen molar-refractivity contribution in [3.63, 3.8) is 0 Å². The van der Waals surface area contributed by atoms with Crippen LogP contribution in [0.3, 0.4) is 0 Å². The van der Waals surface area contributed by atoms with Gasteiger partial charge in [0.2, 0.25) is 0 Å². The lowest BCUT2D eigenvalue weighted by molar-refractivity contribution is 0.102. The molecule has 4 bridgehead atoms. The largest absolute Gasteiger partial charge is 0.400 e. The number of pyridine rings is 2. The van der Waals surface area contributed by atoms with Crippen LogP contribution in [0.1, 0.15) is 52.4 Å². The quantitative estimate of drug-likeness (QED) is 0.457. The Morgan fingerprint density at radius 2 is 1.88 bits per heavy atom. The van der Waals surface area contributed by atoms with Crippen LogP contribution in [0, 0.1) is 24.5 Å². The maximum atomic E-state index is 15.2. The summed E-state index contributed by atoms with van der Waals surface area (Å²) in [4.78, 5) is 21.4. The van der Waals surface area contributed by atoms with E-state index < -0.39 is 17.5 Å². The molecule has 0 radical (unpaired) electrons. The van der Waals surface area contributed by atoms with Crippen molar-refractivity contribution < 1.29 is 18.7 Å². The summed E-state index contributed by atoms with van der Waals surface area (Å²) in [7, 11) is 1.00. The summed E-state index contributed by atoms with van der Waals surface area (Å²) in [6.07, 6.45) is 6.31. The van der Waals surface area contributed by atoms with Crippen molar-refractivity contribution in [3.8, 4) is 11.3 Å². The number of benzene rings is 1. The van der Waals surface area contributed by atoms with E-state index in [0.29, 0.717) is 17.7 Å². The van der Waals surface area contributed by atoms with Gasteiger partial charge < -0.3 is 16.2 Å². The molecule has 1 fully saturated rings. The van der Waals surface area contributed by atoms with Gasteiger partial charge in [0.1, 0.15) is 23.0 Å². The second-order valence-corrected chi connectivity index (χ2v) is 8.96. The zero-order chi connectivity index (χ0) is 24.4. The average molecular weight is 467 g/mol. The maximum absolute atomic E-state index is 15.2. The minimum absolute atomic E-state index is 0.0149. The van der Waals surface area contributed by atoms with E-state index >= 15 is 4.39 Å². The fraction of sp³-hybridized carbons (Fsp3) is 0.346. The SMILES string of the molecule is CO.Cc1cc(F)c2c(c1)C[C@@H]1CC(N)CC(C1)c1ccncc1NC(=O)c1ccc(F)c-2n1. The van der Waals surface area contributed by atoms with Gasteiger partial charge in [-0.1, -0.05) is 6.07 Å². The first-order valence-corrected chi connectivity index (χ1v) is 11.3. The van der Waals surface area contributed by atoms with E-state index in [9.17, 15) is 9.18 Å². The smallest absolute Gasteiger partial charge is 0.274 e. The van der Waals surface area contributed by atoms with Crippen molar-refractivity contribution in [1.29, 1.82) is 0 Å². The number of hydrogen-bond acceptors (Lipinski definition) is 5. The van der Waals surface area contributed by atoms with Crippen LogP contribution in [-0.2, 0) is 6.42 Å². The molecular weight excluding hydrogens is 438 g/mol. The summed E-state index contributed by atoms with van der Waals surface area (Å²) in [5.41, 5.74) is 9.45. The van der Waals surface area contributed by atoms with Crippen molar-refractivity contribution in [2.24, 2.45) is 11.7 Å². The van der Waals surface area contributed by atoms with Crippen LogP contribution in [0.5, 0.6) is 0 Å². The van der Waals surface area contributed by atoms with Crippen LogP contribution in [0.4, 0.5) is 14.5 Å². The molecule has 3 aromatic rings. The molecular formula is C26H28F2N4O2. The molecule has 0 saturated heterocycles. The standard InChI is InChI=1S/C25H24F2N4O.CH4O/c1-13-6-16-9-14-8-15(11-17(28)10-14)18-4-5-29-12-22(18)31-25(32)21-3-2-19(26)24(30-21)23(16)20(27)7-13;1-2/h2-7,12,14-15,17H,8-11,28H2,1H3,(H,31,32);2H,1H3/t14-,15?,17?;/m1./s1. The Balaban J connectivity index is 0.00000133. The van der Waals surface area contributed by atoms with E-state index in [1.54, 1.807) is 12.4 Å². The van der Waals surface area contributed by atoms with Crippen molar-refractivity contribution >= 4 is 11.6 Å². The fourth-order valence-corrected chi connectivity index (χ4v) is 5.25. The number of aromatic nitrogens is 2. The van der Waals surface area contributed by atoms with Crippen LogP contribution in [0.2, 0.25) is 0 Å². The van der Waals surface area contributed by atoms with Gasteiger partial charge in [-0.05, 0) is 85.4 Å². The third-order valence-electron chi connectivity index (χ3n) is 6.52. The van der Waals surface area contributed by atoms with E-state index in [0.717, 1.165) is 37.5 Å². The van der Waals surface area contributed by atoms with Crippen LogP contribution in [0.15, 0.2) is 42.7 Å². The number of anilines is 1. The maximum Gasteiger partial charge on any atom is 0.274 e. The predicted octanol–water partition coefficient (Wildman–Crippen LogP) is 4.36. The third-order valence-corrected chi connectivity index (χ3v) is 6.52. The summed E-state index contributed by atoms with van der Waals surface area (Å²) in [5, 5.41) is 9.87. The van der Waals surface area contributed by atoms with Gasteiger partial charge in [0.25, 0.3) is 5.91 Å². The molecule has 1 aromatic carbocycles. The number of aliphatic hydroxyl groups is 1. The molecule has 3 atom stereocenters. The van der Waals surface area contributed by atoms with Gasteiger partial charge in [-0.15, -0.1) is 0 Å². The monoisotopic (exact) mass is 466 g/mol. The van der Waals surface area contributed by atoms with Gasteiger partial charge in [0.15, 0.2) is 0 Å². The Bertz CT molecular complexity index is 1220. The number of nitrogens with two attached hydrogens (primary N) is 1. The van der Waals surface area contributed by atoms with Gasteiger partial charge in [-0.3, -0.25) is 9.78 Å². The number of hydrogen-bond donors (Lipinski definition) is 3. The van der Waals surface area contributed by atoms with Crippen molar-refractivity contribution in [2.45, 2.75) is 44.6 Å². The molecule has 34 heavy (non-hydrogen) atoms. The number of aliphatic hydroxyl groups excluding tert-OH is 1. The van der Waals surface area contributed by atoms with Crippen molar-refractivity contribution in [1.82, 2.24) is 9.97 Å². The average Bonchev–Trinajstić information content (AvgIpc) is 2.81. The van der Waals surface area contributed by atoms with Crippen LogP contribution in [-0.4, -0.2) is 34.1 Å². The number of nitrogens with one attached hydrogen (secondary N) is 1. The molecule has 2 aromatic heterocycles. The highest BCUT2D eigenvalue weighted by Gasteiger charge is 2.31. The Kier molecular flexibility index (Phi) is 7.00.